The van der Waals surface area contributed by atoms with Gasteiger partial charge in [-0.3, -0.25) is 0 Å². The lowest BCUT2D eigenvalue weighted by molar-refractivity contribution is 0.166. The lowest BCUT2D eigenvalue weighted by Crippen LogP contribution is -2.26. The van der Waals surface area contributed by atoms with Crippen LogP contribution in [0.5, 0.6) is 0 Å². The van der Waals surface area contributed by atoms with E-state index in [1.54, 1.807) is 0 Å². The van der Waals surface area contributed by atoms with E-state index in [9.17, 15) is 0 Å². The van der Waals surface area contributed by atoms with E-state index in [1.807, 2.05) is 7.05 Å². The van der Waals surface area contributed by atoms with Crippen molar-refractivity contribution in [2.45, 2.75) is 58.3 Å². The lowest BCUT2D eigenvalue weighted by Gasteiger charge is -2.36. The Labute approximate surface area is 115 Å². The molecular formula is C14H24ClN3. The first kappa shape index (κ1) is 13.9. The zero-order valence-corrected chi connectivity index (χ0v) is 12.7. The lowest BCUT2D eigenvalue weighted by atomic mass is 9.70. The van der Waals surface area contributed by atoms with Crippen LogP contribution in [0.1, 0.15) is 64.0 Å². The van der Waals surface area contributed by atoms with E-state index in [1.165, 1.54) is 25.7 Å². The van der Waals surface area contributed by atoms with E-state index >= 15 is 0 Å². The first-order valence-corrected chi connectivity index (χ1v) is 7.41. The fourth-order valence-corrected chi connectivity index (χ4v) is 3.30. The van der Waals surface area contributed by atoms with Crippen LogP contribution in [0.3, 0.4) is 0 Å². The monoisotopic (exact) mass is 269 g/mol. The fourth-order valence-electron chi connectivity index (χ4n) is 3.06. The molecule has 0 bridgehead atoms. The third-order valence-electron chi connectivity index (χ3n) is 4.44. The van der Waals surface area contributed by atoms with Crippen molar-refractivity contribution >= 4 is 11.6 Å². The van der Waals surface area contributed by atoms with Crippen molar-refractivity contribution in [2.24, 2.45) is 18.4 Å². The maximum absolute atomic E-state index is 5.84. The summed E-state index contributed by atoms with van der Waals surface area (Å²) in [5.74, 6) is 3.86. The van der Waals surface area contributed by atoms with Crippen molar-refractivity contribution in [3.63, 3.8) is 0 Å². The number of aromatic nitrogens is 3. The largest absolute Gasteiger partial charge is 0.317 e. The summed E-state index contributed by atoms with van der Waals surface area (Å²) in [5, 5.41) is 8.48. The van der Waals surface area contributed by atoms with Crippen LogP contribution in [0.2, 0.25) is 0 Å². The van der Waals surface area contributed by atoms with Gasteiger partial charge in [-0.15, -0.1) is 21.8 Å². The van der Waals surface area contributed by atoms with Gasteiger partial charge in [-0.05, 0) is 37.0 Å². The first-order chi connectivity index (χ1) is 8.43. The van der Waals surface area contributed by atoms with Crippen molar-refractivity contribution in [3.8, 4) is 0 Å². The highest BCUT2D eigenvalue weighted by Gasteiger charge is 2.31. The molecule has 0 N–H and O–H groups in total. The standard InChI is InChI=1S/C14H24ClN3/c1-14(2,3)11-7-5-10(6-8-11)13-17-16-12(9-15)18(13)4/h10-11H,5-9H2,1-4H3. The van der Waals surface area contributed by atoms with E-state index in [0.29, 0.717) is 17.2 Å². The summed E-state index contributed by atoms with van der Waals surface area (Å²) in [7, 11) is 2.03. The molecule has 2 rings (SSSR count). The second-order valence-electron chi connectivity index (χ2n) is 6.58. The highest BCUT2D eigenvalue weighted by molar-refractivity contribution is 6.16. The van der Waals surface area contributed by atoms with Crippen LogP contribution in [-0.2, 0) is 12.9 Å². The molecule has 1 aliphatic carbocycles. The summed E-state index contributed by atoms with van der Waals surface area (Å²) in [6.45, 7) is 7.06. The van der Waals surface area contributed by atoms with E-state index < -0.39 is 0 Å². The van der Waals surface area contributed by atoms with E-state index in [0.717, 1.165) is 17.6 Å². The van der Waals surface area contributed by atoms with Gasteiger partial charge in [-0.25, -0.2) is 0 Å². The molecule has 1 saturated carbocycles. The molecule has 1 aliphatic rings. The number of rotatable bonds is 2. The van der Waals surface area contributed by atoms with Gasteiger partial charge >= 0.3 is 0 Å². The highest BCUT2D eigenvalue weighted by Crippen LogP contribution is 2.42. The van der Waals surface area contributed by atoms with Gasteiger partial charge in [0.1, 0.15) is 11.6 Å². The Balaban J connectivity index is 2.03. The van der Waals surface area contributed by atoms with Gasteiger partial charge in [-0.2, -0.15) is 0 Å². The zero-order chi connectivity index (χ0) is 13.3. The average Bonchev–Trinajstić information content (AvgIpc) is 2.69. The molecule has 0 saturated heterocycles. The highest BCUT2D eigenvalue weighted by atomic mass is 35.5. The first-order valence-electron chi connectivity index (χ1n) is 6.87. The molecule has 102 valence electrons. The van der Waals surface area contributed by atoms with Gasteiger partial charge in [0.2, 0.25) is 0 Å². The summed E-state index contributed by atoms with van der Waals surface area (Å²) in [5.41, 5.74) is 0.437. The predicted molar refractivity (Wildman–Crippen MR) is 74.7 cm³/mol. The minimum absolute atomic E-state index is 0.437. The van der Waals surface area contributed by atoms with Crippen molar-refractivity contribution in [1.82, 2.24) is 14.8 Å². The number of hydrogen-bond acceptors (Lipinski definition) is 2. The van der Waals surface area contributed by atoms with Crippen LogP contribution in [0.25, 0.3) is 0 Å². The minimum atomic E-state index is 0.437. The van der Waals surface area contributed by atoms with Crippen molar-refractivity contribution < 1.29 is 0 Å². The molecule has 0 aliphatic heterocycles. The predicted octanol–water partition coefficient (Wildman–Crippen LogP) is 3.87. The molecular weight excluding hydrogens is 246 g/mol. The second-order valence-corrected chi connectivity index (χ2v) is 6.85. The molecule has 1 aromatic heterocycles. The Morgan fingerprint density at radius 1 is 1.17 bits per heavy atom. The molecule has 4 heteroatoms. The molecule has 18 heavy (non-hydrogen) atoms. The third-order valence-corrected chi connectivity index (χ3v) is 4.67. The van der Waals surface area contributed by atoms with Crippen molar-refractivity contribution in [2.75, 3.05) is 0 Å². The van der Waals surface area contributed by atoms with Gasteiger partial charge in [-0.1, -0.05) is 20.8 Å². The maximum atomic E-state index is 5.84. The van der Waals surface area contributed by atoms with Gasteiger partial charge in [0.25, 0.3) is 0 Å². The van der Waals surface area contributed by atoms with Gasteiger partial charge in [0, 0.05) is 13.0 Å². The smallest absolute Gasteiger partial charge is 0.147 e. The van der Waals surface area contributed by atoms with Gasteiger partial charge in [0.05, 0.1) is 5.88 Å². The van der Waals surface area contributed by atoms with Crippen molar-refractivity contribution in [1.29, 1.82) is 0 Å². The van der Waals surface area contributed by atoms with E-state index in [2.05, 4.69) is 35.5 Å². The molecule has 0 unspecified atom stereocenters. The number of alkyl halides is 1. The van der Waals surface area contributed by atoms with Crippen LogP contribution < -0.4 is 0 Å². The molecule has 1 aromatic rings. The van der Waals surface area contributed by atoms with Crippen LogP contribution in [0, 0.1) is 11.3 Å². The van der Waals surface area contributed by atoms with Gasteiger partial charge < -0.3 is 4.57 Å². The van der Waals surface area contributed by atoms with Crippen molar-refractivity contribution in [3.05, 3.63) is 11.6 Å². The zero-order valence-electron chi connectivity index (χ0n) is 11.9. The summed E-state index contributed by atoms with van der Waals surface area (Å²) in [6.07, 6.45) is 5.07. The molecule has 0 radical (unpaired) electrons. The Kier molecular flexibility index (Phi) is 4.00. The van der Waals surface area contributed by atoms with Crippen LogP contribution in [0.4, 0.5) is 0 Å². The Hall–Kier alpha value is -0.570. The minimum Gasteiger partial charge on any atom is -0.317 e. The normalized spacial score (nSPS) is 25.4. The Bertz CT molecular complexity index is 398. The Morgan fingerprint density at radius 2 is 1.78 bits per heavy atom. The van der Waals surface area contributed by atoms with Gasteiger partial charge in [0.15, 0.2) is 0 Å². The molecule has 0 amide bonds. The fraction of sp³-hybridized carbons (Fsp3) is 0.857. The number of hydrogen-bond donors (Lipinski definition) is 0. The van der Waals surface area contributed by atoms with Crippen LogP contribution >= 0.6 is 11.6 Å². The summed E-state index contributed by atoms with van der Waals surface area (Å²) in [6, 6.07) is 0. The quantitative estimate of drug-likeness (QED) is 0.763. The topological polar surface area (TPSA) is 30.7 Å². The molecule has 0 atom stereocenters. The molecule has 0 spiro atoms. The molecule has 3 nitrogen and oxygen atoms in total. The summed E-state index contributed by atoms with van der Waals surface area (Å²) < 4.78 is 2.08. The Morgan fingerprint density at radius 3 is 2.22 bits per heavy atom. The summed E-state index contributed by atoms with van der Waals surface area (Å²) in [4.78, 5) is 0. The average molecular weight is 270 g/mol. The number of nitrogens with zero attached hydrogens (tertiary/aromatic N) is 3. The SMILES string of the molecule is Cn1c(CCl)nnc1C1CCC(C(C)(C)C)CC1. The second kappa shape index (κ2) is 5.20. The molecule has 1 heterocycles. The molecule has 1 fully saturated rings. The van der Waals surface area contributed by atoms with Crippen LogP contribution in [-0.4, -0.2) is 14.8 Å². The molecule has 0 aromatic carbocycles. The summed E-state index contributed by atoms with van der Waals surface area (Å²) >= 11 is 5.84. The number of halogens is 1. The van der Waals surface area contributed by atoms with Crippen LogP contribution in [0.15, 0.2) is 0 Å². The third kappa shape index (κ3) is 2.71. The van der Waals surface area contributed by atoms with E-state index in [-0.39, 0.29) is 0 Å². The maximum Gasteiger partial charge on any atom is 0.147 e. The van der Waals surface area contributed by atoms with E-state index in [4.69, 9.17) is 11.6 Å².